The van der Waals surface area contributed by atoms with Gasteiger partial charge in [0.2, 0.25) is 5.75 Å². The topological polar surface area (TPSA) is 61.7 Å². The molecule has 0 aliphatic rings. The van der Waals surface area contributed by atoms with E-state index in [1.54, 1.807) is 33.5 Å². The van der Waals surface area contributed by atoms with Gasteiger partial charge in [-0.2, -0.15) is 0 Å². The molecule has 0 bridgehead atoms. The van der Waals surface area contributed by atoms with Crippen LogP contribution in [0, 0.1) is 0 Å². The van der Waals surface area contributed by atoms with Gasteiger partial charge in [0.25, 0.3) is 5.91 Å². The summed E-state index contributed by atoms with van der Waals surface area (Å²) in [6, 6.07) is 15.0. The molecule has 6 heteroatoms. The lowest BCUT2D eigenvalue weighted by Gasteiger charge is -2.14. The van der Waals surface area contributed by atoms with Gasteiger partial charge in [0.1, 0.15) is 0 Å². The van der Waals surface area contributed by atoms with Crippen molar-refractivity contribution in [3.05, 3.63) is 72.1 Å². The van der Waals surface area contributed by atoms with Gasteiger partial charge in [-0.05, 0) is 54.1 Å². The average Bonchev–Trinajstić information content (AvgIpc) is 3.26. The Morgan fingerprint density at radius 3 is 2.04 bits per heavy atom. The van der Waals surface area contributed by atoms with E-state index in [1.807, 2.05) is 53.4 Å². The lowest BCUT2D eigenvalue weighted by Crippen LogP contribution is -2.22. The number of methoxy groups -OCH3 is 3. The van der Waals surface area contributed by atoms with Crippen LogP contribution in [-0.4, -0.2) is 31.8 Å². The van der Waals surface area contributed by atoms with E-state index in [2.05, 4.69) is 5.32 Å². The molecule has 0 saturated carbocycles. The molecule has 140 valence electrons. The van der Waals surface area contributed by atoms with Gasteiger partial charge in [0.05, 0.1) is 21.3 Å². The summed E-state index contributed by atoms with van der Waals surface area (Å²) in [6.45, 7) is 0.342. The summed E-state index contributed by atoms with van der Waals surface area (Å²) >= 11 is 0. The summed E-state index contributed by atoms with van der Waals surface area (Å²) in [5.41, 5.74) is 2.45. The van der Waals surface area contributed by atoms with Crippen LogP contribution >= 0.6 is 0 Å². The molecule has 6 nitrogen and oxygen atoms in total. The fourth-order valence-corrected chi connectivity index (χ4v) is 2.81. The van der Waals surface area contributed by atoms with Crippen LogP contribution in [0.3, 0.4) is 0 Å². The molecule has 1 amide bonds. The molecule has 27 heavy (non-hydrogen) atoms. The van der Waals surface area contributed by atoms with Crippen molar-refractivity contribution in [1.29, 1.82) is 0 Å². The molecule has 0 unspecified atom stereocenters. The molecule has 0 spiro atoms. The summed E-state index contributed by atoms with van der Waals surface area (Å²) in [5.74, 6) is 1.48. The summed E-state index contributed by atoms with van der Waals surface area (Å²) in [7, 11) is 4.68. The van der Waals surface area contributed by atoms with Crippen LogP contribution in [0.5, 0.6) is 17.2 Å². The number of aromatic nitrogens is 1. The third-order valence-electron chi connectivity index (χ3n) is 4.21. The maximum absolute atomic E-state index is 12.4. The molecule has 0 atom stereocenters. The number of nitrogens with zero attached hydrogens (tertiary/aromatic N) is 1. The number of rotatable bonds is 7. The Kier molecular flexibility index (Phi) is 5.66. The van der Waals surface area contributed by atoms with Gasteiger partial charge < -0.3 is 24.1 Å². The van der Waals surface area contributed by atoms with Gasteiger partial charge in [0, 0.05) is 30.2 Å². The summed E-state index contributed by atoms with van der Waals surface area (Å²) in [6.07, 6.45) is 3.92. The van der Waals surface area contributed by atoms with Crippen molar-refractivity contribution in [2.24, 2.45) is 0 Å². The monoisotopic (exact) mass is 366 g/mol. The quantitative estimate of drug-likeness (QED) is 0.696. The van der Waals surface area contributed by atoms with Gasteiger partial charge >= 0.3 is 0 Å². The second-order valence-electron chi connectivity index (χ2n) is 5.85. The number of carbonyl (C=O) groups excluding carboxylic acids is 1. The van der Waals surface area contributed by atoms with E-state index in [-0.39, 0.29) is 5.91 Å². The Morgan fingerprint density at radius 2 is 1.52 bits per heavy atom. The second kappa shape index (κ2) is 8.31. The van der Waals surface area contributed by atoms with Gasteiger partial charge in [0.15, 0.2) is 11.5 Å². The highest BCUT2D eigenvalue weighted by atomic mass is 16.5. The zero-order valence-corrected chi connectivity index (χ0v) is 15.6. The zero-order valence-electron chi connectivity index (χ0n) is 15.6. The van der Waals surface area contributed by atoms with Crippen molar-refractivity contribution in [2.75, 3.05) is 21.3 Å². The molecule has 0 aliphatic carbocycles. The first-order chi connectivity index (χ1) is 13.2. The highest BCUT2D eigenvalue weighted by Crippen LogP contribution is 2.38. The molecule has 0 aliphatic heterocycles. The molecule has 3 rings (SSSR count). The number of hydrogen-bond donors (Lipinski definition) is 1. The lowest BCUT2D eigenvalue weighted by atomic mass is 10.1. The molecule has 1 aromatic heterocycles. The summed E-state index contributed by atoms with van der Waals surface area (Å²) < 4.78 is 18.0. The van der Waals surface area contributed by atoms with Crippen molar-refractivity contribution in [3.8, 4) is 22.9 Å². The Bertz CT molecular complexity index is 877. The highest BCUT2D eigenvalue weighted by molar-refractivity contribution is 5.94. The highest BCUT2D eigenvalue weighted by Gasteiger charge is 2.14. The van der Waals surface area contributed by atoms with Crippen molar-refractivity contribution < 1.29 is 19.0 Å². The Labute approximate surface area is 158 Å². The summed E-state index contributed by atoms with van der Waals surface area (Å²) in [4.78, 5) is 12.4. The van der Waals surface area contributed by atoms with E-state index in [0.29, 0.717) is 29.4 Å². The van der Waals surface area contributed by atoms with Crippen LogP contribution in [0.15, 0.2) is 60.9 Å². The zero-order chi connectivity index (χ0) is 19.2. The first-order valence-corrected chi connectivity index (χ1v) is 8.46. The second-order valence-corrected chi connectivity index (χ2v) is 5.85. The van der Waals surface area contributed by atoms with Crippen LogP contribution < -0.4 is 19.5 Å². The van der Waals surface area contributed by atoms with E-state index in [1.165, 1.54) is 0 Å². The molecule has 0 radical (unpaired) electrons. The minimum absolute atomic E-state index is 0.150. The number of ether oxygens (including phenoxy) is 3. The minimum Gasteiger partial charge on any atom is -0.493 e. The number of carbonyl (C=O) groups is 1. The predicted octanol–water partition coefficient (Wildman–Crippen LogP) is 3.43. The van der Waals surface area contributed by atoms with Crippen LogP contribution in [0.2, 0.25) is 0 Å². The van der Waals surface area contributed by atoms with Gasteiger partial charge in [-0.25, -0.2) is 0 Å². The van der Waals surface area contributed by atoms with Crippen molar-refractivity contribution in [2.45, 2.75) is 6.54 Å². The predicted molar refractivity (Wildman–Crippen MR) is 103 cm³/mol. The first-order valence-electron chi connectivity index (χ1n) is 8.46. The van der Waals surface area contributed by atoms with Crippen LogP contribution in [0.1, 0.15) is 15.9 Å². The van der Waals surface area contributed by atoms with Gasteiger partial charge in [-0.1, -0.05) is 0 Å². The van der Waals surface area contributed by atoms with Crippen LogP contribution in [0.25, 0.3) is 5.69 Å². The minimum atomic E-state index is -0.150. The van der Waals surface area contributed by atoms with Crippen LogP contribution in [0.4, 0.5) is 0 Å². The molecular formula is C21H22N2O4. The van der Waals surface area contributed by atoms with Crippen molar-refractivity contribution in [3.63, 3.8) is 0 Å². The van der Waals surface area contributed by atoms with Crippen molar-refractivity contribution >= 4 is 5.91 Å². The van der Waals surface area contributed by atoms with Gasteiger partial charge in [-0.15, -0.1) is 0 Å². The first kappa shape index (κ1) is 18.4. The average molecular weight is 366 g/mol. The fourth-order valence-electron chi connectivity index (χ4n) is 2.81. The number of nitrogens with one attached hydrogen (secondary N) is 1. The normalized spacial score (nSPS) is 10.3. The SMILES string of the molecule is COc1cc(CNC(=O)c2ccc(-n3cccc3)cc2)cc(OC)c1OC. The summed E-state index contributed by atoms with van der Waals surface area (Å²) in [5, 5.41) is 2.91. The number of hydrogen-bond acceptors (Lipinski definition) is 4. The number of amides is 1. The molecule has 0 saturated heterocycles. The van der Waals surface area contributed by atoms with Crippen molar-refractivity contribution in [1.82, 2.24) is 9.88 Å². The third kappa shape index (κ3) is 4.06. The third-order valence-corrected chi connectivity index (χ3v) is 4.21. The molecular weight excluding hydrogens is 344 g/mol. The fraction of sp³-hybridized carbons (Fsp3) is 0.190. The molecule has 1 heterocycles. The van der Waals surface area contributed by atoms with E-state index >= 15 is 0 Å². The van der Waals surface area contributed by atoms with Gasteiger partial charge in [-0.3, -0.25) is 4.79 Å². The Morgan fingerprint density at radius 1 is 0.926 bits per heavy atom. The van der Waals surface area contributed by atoms with Crippen LogP contribution in [-0.2, 0) is 6.54 Å². The largest absolute Gasteiger partial charge is 0.493 e. The molecule has 1 N–H and O–H groups in total. The van der Waals surface area contributed by atoms with E-state index in [9.17, 15) is 4.79 Å². The van der Waals surface area contributed by atoms with E-state index in [0.717, 1.165) is 11.3 Å². The number of benzene rings is 2. The smallest absolute Gasteiger partial charge is 0.251 e. The molecule has 2 aromatic carbocycles. The maximum atomic E-state index is 12.4. The van der Waals surface area contributed by atoms with E-state index < -0.39 is 0 Å². The Hall–Kier alpha value is -3.41. The maximum Gasteiger partial charge on any atom is 0.251 e. The Balaban J connectivity index is 1.70. The lowest BCUT2D eigenvalue weighted by molar-refractivity contribution is 0.0951. The molecule has 0 fully saturated rings. The van der Waals surface area contributed by atoms with E-state index in [4.69, 9.17) is 14.2 Å². The standard InChI is InChI=1S/C21H22N2O4/c1-25-18-12-15(13-19(26-2)20(18)27-3)14-22-21(24)16-6-8-17(9-7-16)23-10-4-5-11-23/h4-13H,14H2,1-3H3,(H,22,24). The molecule has 3 aromatic rings.